The van der Waals surface area contributed by atoms with Gasteiger partial charge in [0.25, 0.3) is 11.1 Å². The van der Waals surface area contributed by atoms with Gasteiger partial charge in [-0.2, -0.15) is 0 Å². The van der Waals surface area contributed by atoms with Crippen LogP contribution in [0.4, 0.5) is 10.5 Å². The summed E-state index contributed by atoms with van der Waals surface area (Å²) in [7, 11) is 3.03. The standard InChI is InChI=1S/C21H18N2O7S/c1-27-14-5-3-13(4-6-14)22-19(24)10-23-20(25)18(31-21(23)26)8-12-7-16-17(30-11-29-16)9-15(12)28-2/h3-9H,10-11H2,1-2H3,(H,22,24)/b18-8+. The summed E-state index contributed by atoms with van der Waals surface area (Å²) in [5.41, 5.74) is 1.08. The molecule has 0 atom stereocenters. The molecule has 0 radical (unpaired) electrons. The van der Waals surface area contributed by atoms with Gasteiger partial charge >= 0.3 is 0 Å². The molecule has 2 heterocycles. The molecule has 2 aromatic rings. The number of hydrogen-bond acceptors (Lipinski definition) is 8. The zero-order valence-corrected chi connectivity index (χ0v) is 17.5. The maximum absolute atomic E-state index is 12.7. The predicted molar refractivity (Wildman–Crippen MR) is 113 cm³/mol. The topological polar surface area (TPSA) is 103 Å². The van der Waals surface area contributed by atoms with Crippen molar-refractivity contribution in [1.82, 2.24) is 4.90 Å². The number of fused-ring (bicyclic) bond motifs is 1. The molecule has 0 aromatic heterocycles. The molecule has 0 saturated carbocycles. The van der Waals surface area contributed by atoms with Crippen LogP contribution in [0.1, 0.15) is 5.56 Å². The molecule has 1 saturated heterocycles. The van der Waals surface area contributed by atoms with E-state index in [1.54, 1.807) is 43.5 Å². The van der Waals surface area contributed by atoms with Crippen molar-refractivity contribution in [2.24, 2.45) is 0 Å². The minimum atomic E-state index is -0.556. The number of rotatable bonds is 6. The largest absolute Gasteiger partial charge is 0.497 e. The summed E-state index contributed by atoms with van der Waals surface area (Å²) >= 11 is 0.757. The Morgan fingerprint density at radius 2 is 1.84 bits per heavy atom. The van der Waals surface area contributed by atoms with E-state index < -0.39 is 23.6 Å². The van der Waals surface area contributed by atoms with Crippen LogP contribution in [0.5, 0.6) is 23.0 Å². The highest BCUT2D eigenvalue weighted by Gasteiger charge is 2.36. The molecular formula is C21H18N2O7S. The molecule has 2 aliphatic rings. The Balaban J connectivity index is 1.48. The number of carbonyl (C=O) groups excluding carboxylic acids is 3. The number of imide groups is 1. The second-order valence-corrected chi connectivity index (χ2v) is 7.49. The van der Waals surface area contributed by atoms with E-state index in [9.17, 15) is 14.4 Å². The van der Waals surface area contributed by atoms with E-state index >= 15 is 0 Å². The number of carbonyl (C=O) groups is 3. The van der Waals surface area contributed by atoms with Gasteiger partial charge in [-0.15, -0.1) is 0 Å². The SMILES string of the molecule is COc1ccc(NC(=O)CN2C(=O)S/C(=C/c3cc4c(cc3OC)OCO4)C2=O)cc1. The zero-order chi connectivity index (χ0) is 22.0. The van der Waals surface area contributed by atoms with E-state index in [0.717, 1.165) is 16.7 Å². The molecule has 2 aromatic carbocycles. The fraction of sp³-hybridized carbons (Fsp3) is 0.190. The summed E-state index contributed by atoms with van der Waals surface area (Å²) < 4.78 is 21.1. The van der Waals surface area contributed by atoms with Crippen molar-refractivity contribution >= 4 is 40.6 Å². The monoisotopic (exact) mass is 442 g/mol. The van der Waals surface area contributed by atoms with Crippen molar-refractivity contribution < 1.29 is 33.3 Å². The van der Waals surface area contributed by atoms with Gasteiger partial charge in [0, 0.05) is 17.3 Å². The molecule has 0 aliphatic carbocycles. The Morgan fingerprint density at radius 1 is 1.13 bits per heavy atom. The fourth-order valence-corrected chi connectivity index (χ4v) is 3.85. The van der Waals surface area contributed by atoms with Crippen molar-refractivity contribution in [3.8, 4) is 23.0 Å². The van der Waals surface area contributed by atoms with E-state index in [0.29, 0.717) is 34.2 Å². The van der Waals surface area contributed by atoms with Crippen molar-refractivity contribution in [2.45, 2.75) is 0 Å². The highest BCUT2D eigenvalue weighted by Crippen LogP contribution is 2.40. The molecule has 0 bridgehead atoms. The minimum Gasteiger partial charge on any atom is -0.497 e. The average molecular weight is 442 g/mol. The zero-order valence-electron chi connectivity index (χ0n) is 16.7. The minimum absolute atomic E-state index is 0.0990. The van der Waals surface area contributed by atoms with E-state index in [1.165, 1.54) is 13.2 Å². The van der Waals surface area contributed by atoms with Crippen LogP contribution < -0.4 is 24.3 Å². The highest BCUT2D eigenvalue weighted by atomic mass is 32.2. The van der Waals surface area contributed by atoms with Crippen LogP contribution in [-0.4, -0.2) is 49.5 Å². The summed E-state index contributed by atoms with van der Waals surface area (Å²) in [5.74, 6) is 1.12. The van der Waals surface area contributed by atoms with Gasteiger partial charge in [-0.1, -0.05) is 0 Å². The van der Waals surface area contributed by atoms with Crippen molar-refractivity contribution in [3.05, 3.63) is 46.9 Å². The molecule has 1 N–H and O–H groups in total. The molecule has 1 fully saturated rings. The first-order valence-electron chi connectivity index (χ1n) is 9.15. The van der Waals surface area contributed by atoms with Gasteiger partial charge in [-0.3, -0.25) is 19.3 Å². The third kappa shape index (κ3) is 4.29. The smallest absolute Gasteiger partial charge is 0.294 e. The van der Waals surface area contributed by atoms with E-state index in [-0.39, 0.29) is 11.7 Å². The number of methoxy groups -OCH3 is 2. The second-order valence-electron chi connectivity index (χ2n) is 6.49. The van der Waals surface area contributed by atoms with Crippen LogP contribution in [0.2, 0.25) is 0 Å². The van der Waals surface area contributed by atoms with Gasteiger partial charge in [0.2, 0.25) is 12.7 Å². The maximum Gasteiger partial charge on any atom is 0.294 e. The summed E-state index contributed by atoms with van der Waals surface area (Å²) in [6, 6.07) is 10.0. The Hall–Kier alpha value is -3.66. The lowest BCUT2D eigenvalue weighted by atomic mass is 10.1. The third-order valence-corrected chi connectivity index (χ3v) is 5.47. The maximum atomic E-state index is 12.7. The van der Waals surface area contributed by atoms with Crippen molar-refractivity contribution in [3.63, 3.8) is 0 Å². The van der Waals surface area contributed by atoms with Gasteiger partial charge in [0.05, 0.1) is 19.1 Å². The van der Waals surface area contributed by atoms with Gasteiger partial charge in [-0.05, 0) is 48.2 Å². The number of anilines is 1. The summed E-state index contributed by atoms with van der Waals surface area (Å²) in [6.07, 6.45) is 1.53. The molecule has 0 unspecified atom stereocenters. The number of thioether (sulfide) groups is 1. The van der Waals surface area contributed by atoms with Gasteiger partial charge in [-0.25, -0.2) is 0 Å². The molecular weight excluding hydrogens is 424 g/mol. The van der Waals surface area contributed by atoms with Crippen LogP contribution in [-0.2, 0) is 9.59 Å². The molecule has 9 nitrogen and oxygen atoms in total. The van der Waals surface area contributed by atoms with Crippen molar-refractivity contribution in [2.75, 3.05) is 32.9 Å². The van der Waals surface area contributed by atoms with E-state index in [2.05, 4.69) is 5.32 Å². The Kier molecular flexibility index (Phi) is 5.72. The summed E-state index contributed by atoms with van der Waals surface area (Å²) in [5, 5.41) is 2.13. The highest BCUT2D eigenvalue weighted by molar-refractivity contribution is 8.18. The third-order valence-electron chi connectivity index (χ3n) is 4.56. The van der Waals surface area contributed by atoms with Crippen LogP contribution in [0, 0.1) is 0 Å². The summed E-state index contributed by atoms with van der Waals surface area (Å²) in [4.78, 5) is 38.5. The van der Waals surface area contributed by atoms with Gasteiger partial charge in [0.15, 0.2) is 11.5 Å². The van der Waals surface area contributed by atoms with E-state index in [4.69, 9.17) is 18.9 Å². The number of benzene rings is 2. The molecule has 31 heavy (non-hydrogen) atoms. The lowest BCUT2D eigenvalue weighted by molar-refractivity contribution is -0.127. The Bertz CT molecular complexity index is 1080. The molecule has 0 spiro atoms. The quantitative estimate of drug-likeness (QED) is 0.681. The number of nitrogens with one attached hydrogen (secondary N) is 1. The average Bonchev–Trinajstić information content (AvgIpc) is 3.33. The first-order chi connectivity index (χ1) is 15.0. The predicted octanol–water partition coefficient (Wildman–Crippen LogP) is 3.11. The van der Waals surface area contributed by atoms with Crippen LogP contribution >= 0.6 is 11.8 Å². The van der Waals surface area contributed by atoms with Crippen LogP contribution in [0.25, 0.3) is 6.08 Å². The summed E-state index contributed by atoms with van der Waals surface area (Å²) in [6.45, 7) is -0.298. The van der Waals surface area contributed by atoms with Crippen LogP contribution in [0.15, 0.2) is 41.3 Å². The second kappa shape index (κ2) is 8.60. The molecule has 4 rings (SSSR count). The van der Waals surface area contributed by atoms with Gasteiger partial charge < -0.3 is 24.3 Å². The first-order valence-corrected chi connectivity index (χ1v) is 9.97. The number of ether oxygens (including phenoxy) is 4. The van der Waals surface area contributed by atoms with Gasteiger partial charge in [0.1, 0.15) is 18.0 Å². The Labute approximate surface area is 181 Å². The van der Waals surface area contributed by atoms with Crippen LogP contribution in [0.3, 0.4) is 0 Å². The van der Waals surface area contributed by atoms with Crippen molar-refractivity contribution in [1.29, 1.82) is 0 Å². The first kappa shape index (κ1) is 20.6. The number of nitrogens with zero attached hydrogens (tertiary/aromatic N) is 1. The number of amides is 3. The Morgan fingerprint density at radius 3 is 2.52 bits per heavy atom. The normalized spacial score (nSPS) is 16.1. The molecule has 10 heteroatoms. The number of hydrogen-bond donors (Lipinski definition) is 1. The van der Waals surface area contributed by atoms with E-state index in [1.807, 2.05) is 0 Å². The lowest BCUT2D eigenvalue weighted by Gasteiger charge is -2.12. The lowest BCUT2D eigenvalue weighted by Crippen LogP contribution is -2.36. The fourth-order valence-electron chi connectivity index (χ4n) is 3.02. The molecule has 160 valence electrons. The molecule has 2 aliphatic heterocycles. The molecule has 3 amide bonds.